The Labute approximate surface area is 187 Å². The summed E-state index contributed by atoms with van der Waals surface area (Å²) in [5, 5.41) is 9.91. The highest BCUT2D eigenvalue weighted by molar-refractivity contribution is 7.99. The van der Waals surface area contributed by atoms with E-state index in [1.54, 1.807) is 0 Å². The Hall–Kier alpha value is -2.10. The molecular weight excluding hydrogens is 406 g/mol. The maximum absolute atomic E-state index is 14.1. The zero-order chi connectivity index (χ0) is 21.6. The van der Waals surface area contributed by atoms with E-state index in [1.165, 1.54) is 30.2 Å². The molecule has 5 nitrogen and oxygen atoms in total. The van der Waals surface area contributed by atoms with Crippen LogP contribution in [0.2, 0.25) is 0 Å². The SMILES string of the molecule is CC1(C)CC(n2c(SCC#N)nc3c(c2=O)-c2ccccc2C2(CCCC2)C3)CCO1. The second-order valence-corrected chi connectivity index (χ2v) is 10.7. The van der Waals surface area contributed by atoms with Gasteiger partial charge < -0.3 is 4.74 Å². The summed E-state index contributed by atoms with van der Waals surface area (Å²) in [6.07, 6.45) is 7.15. The molecule has 1 aromatic carbocycles. The van der Waals surface area contributed by atoms with Crippen molar-refractivity contribution in [3.8, 4) is 17.2 Å². The quantitative estimate of drug-likeness (QED) is 0.500. The molecule has 5 rings (SSSR count). The van der Waals surface area contributed by atoms with Crippen molar-refractivity contribution in [1.29, 1.82) is 5.26 Å². The molecule has 0 N–H and O–H groups in total. The van der Waals surface area contributed by atoms with Gasteiger partial charge in [0, 0.05) is 24.5 Å². The molecule has 2 aromatic rings. The molecule has 2 fully saturated rings. The first-order valence-corrected chi connectivity index (χ1v) is 12.3. The second-order valence-electron chi connectivity index (χ2n) is 9.80. The number of ether oxygens (including phenoxy) is 1. The van der Waals surface area contributed by atoms with E-state index in [2.05, 4.69) is 38.1 Å². The van der Waals surface area contributed by atoms with Gasteiger partial charge >= 0.3 is 0 Å². The molecule has 0 radical (unpaired) electrons. The second kappa shape index (κ2) is 7.79. The molecule has 31 heavy (non-hydrogen) atoms. The Bertz CT molecular complexity index is 1110. The Morgan fingerprint density at radius 1 is 1.29 bits per heavy atom. The van der Waals surface area contributed by atoms with Gasteiger partial charge in [-0.3, -0.25) is 9.36 Å². The van der Waals surface area contributed by atoms with Crippen molar-refractivity contribution < 1.29 is 4.74 Å². The highest BCUT2D eigenvalue weighted by atomic mass is 32.2. The van der Waals surface area contributed by atoms with Gasteiger partial charge in [0.25, 0.3) is 5.56 Å². The largest absolute Gasteiger partial charge is 0.375 e. The number of aromatic nitrogens is 2. The van der Waals surface area contributed by atoms with Crippen LogP contribution in [0, 0.1) is 11.3 Å². The van der Waals surface area contributed by atoms with Crippen LogP contribution in [0.5, 0.6) is 0 Å². The van der Waals surface area contributed by atoms with E-state index < -0.39 is 0 Å². The monoisotopic (exact) mass is 435 g/mol. The molecule has 2 heterocycles. The van der Waals surface area contributed by atoms with Gasteiger partial charge in [0.2, 0.25) is 0 Å². The summed E-state index contributed by atoms with van der Waals surface area (Å²) >= 11 is 1.39. The van der Waals surface area contributed by atoms with Crippen molar-refractivity contribution in [3.05, 3.63) is 45.9 Å². The minimum absolute atomic E-state index is 0.0322. The zero-order valence-corrected chi connectivity index (χ0v) is 19.1. The van der Waals surface area contributed by atoms with E-state index >= 15 is 0 Å². The maximum atomic E-state index is 14.1. The van der Waals surface area contributed by atoms with Crippen molar-refractivity contribution in [2.24, 2.45) is 0 Å². The number of fused-ring (bicyclic) bond motifs is 4. The molecule has 1 spiro atoms. The van der Waals surface area contributed by atoms with Crippen LogP contribution in [-0.2, 0) is 16.6 Å². The Balaban J connectivity index is 1.71. The molecule has 0 bridgehead atoms. The first kappa shape index (κ1) is 20.8. The summed E-state index contributed by atoms with van der Waals surface area (Å²) in [6, 6.07) is 10.7. The van der Waals surface area contributed by atoms with Crippen LogP contribution in [0.25, 0.3) is 11.1 Å². The molecule has 2 aliphatic carbocycles. The zero-order valence-electron chi connectivity index (χ0n) is 18.3. The molecule has 162 valence electrons. The molecule has 1 aromatic heterocycles. The first-order chi connectivity index (χ1) is 14.9. The predicted octanol–water partition coefficient (Wildman–Crippen LogP) is 5.02. The van der Waals surface area contributed by atoms with Gasteiger partial charge in [-0.15, -0.1) is 0 Å². The molecule has 3 aliphatic rings. The third-order valence-corrected chi connectivity index (χ3v) is 8.11. The summed E-state index contributed by atoms with van der Waals surface area (Å²) in [5.41, 5.74) is 3.98. The highest BCUT2D eigenvalue weighted by Gasteiger charge is 2.43. The van der Waals surface area contributed by atoms with Crippen molar-refractivity contribution in [1.82, 2.24) is 9.55 Å². The normalized spacial score (nSPS) is 23.2. The highest BCUT2D eigenvalue weighted by Crippen LogP contribution is 2.50. The molecule has 1 unspecified atom stereocenters. The summed E-state index contributed by atoms with van der Waals surface area (Å²) in [5.74, 6) is 0.291. The Morgan fingerprint density at radius 3 is 2.81 bits per heavy atom. The van der Waals surface area contributed by atoms with E-state index in [4.69, 9.17) is 9.72 Å². The van der Waals surface area contributed by atoms with E-state index in [-0.39, 0.29) is 22.6 Å². The van der Waals surface area contributed by atoms with Gasteiger partial charge in [-0.05, 0) is 50.7 Å². The Kier molecular flexibility index (Phi) is 5.22. The average Bonchev–Trinajstić information content (AvgIpc) is 3.20. The minimum atomic E-state index is -0.277. The number of nitriles is 1. The van der Waals surface area contributed by atoms with Crippen molar-refractivity contribution in [2.45, 2.75) is 81.0 Å². The van der Waals surface area contributed by atoms with Crippen LogP contribution in [0.1, 0.15) is 69.7 Å². The molecule has 0 amide bonds. The summed E-state index contributed by atoms with van der Waals surface area (Å²) < 4.78 is 7.80. The fourth-order valence-electron chi connectivity index (χ4n) is 5.97. The smallest absolute Gasteiger partial charge is 0.262 e. The van der Waals surface area contributed by atoms with Crippen LogP contribution >= 0.6 is 11.8 Å². The lowest BCUT2D eigenvalue weighted by atomic mass is 9.68. The van der Waals surface area contributed by atoms with E-state index in [1.807, 2.05) is 10.6 Å². The average molecular weight is 436 g/mol. The molecule has 1 saturated carbocycles. The van der Waals surface area contributed by atoms with E-state index in [0.717, 1.165) is 48.9 Å². The Morgan fingerprint density at radius 2 is 2.06 bits per heavy atom. The number of benzene rings is 1. The third-order valence-electron chi connectivity index (χ3n) is 7.29. The van der Waals surface area contributed by atoms with Gasteiger partial charge in [0.1, 0.15) is 0 Å². The van der Waals surface area contributed by atoms with Gasteiger partial charge in [0.15, 0.2) is 5.16 Å². The number of hydrogen-bond acceptors (Lipinski definition) is 5. The van der Waals surface area contributed by atoms with Gasteiger partial charge in [-0.2, -0.15) is 5.26 Å². The number of hydrogen-bond donors (Lipinski definition) is 0. The molecule has 1 atom stereocenters. The summed E-state index contributed by atoms with van der Waals surface area (Å²) in [6.45, 7) is 4.79. The molecular formula is C25H29N3O2S. The molecule has 6 heteroatoms. The van der Waals surface area contributed by atoms with Crippen LogP contribution < -0.4 is 5.56 Å². The van der Waals surface area contributed by atoms with Gasteiger partial charge in [-0.1, -0.05) is 48.9 Å². The lowest BCUT2D eigenvalue weighted by Crippen LogP contribution is -2.41. The fraction of sp³-hybridized carbons (Fsp3) is 0.560. The van der Waals surface area contributed by atoms with E-state index in [9.17, 15) is 10.1 Å². The number of thioether (sulfide) groups is 1. The number of rotatable bonds is 3. The summed E-state index contributed by atoms with van der Waals surface area (Å²) in [4.78, 5) is 19.1. The standard InChI is InChI=1S/C25H29N3O2S/c1-24(2)15-17(9-13-30-24)28-22(29)21-18-7-3-4-8-19(18)25(10-5-6-11-25)16-20(21)27-23(28)31-14-12-26/h3-4,7-8,17H,5-6,9-11,13-16H2,1-2H3. The number of nitrogens with zero attached hydrogens (tertiary/aromatic N) is 3. The third kappa shape index (κ3) is 3.52. The topological polar surface area (TPSA) is 67.9 Å². The fourth-order valence-corrected chi connectivity index (χ4v) is 6.71. The van der Waals surface area contributed by atoms with Crippen LogP contribution in [-0.4, -0.2) is 27.5 Å². The first-order valence-electron chi connectivity index (χ1n) is 11.3. The van der Waals surface area contributed by atoms with Gasteiger partial charge in [-0.25, -0.2) is 4.98 Å². The predicted molar refractivity (Wildman–Crippen MR) is 122 cm³/mol. The van der Waals surface area contributed by atoms with Gasteiger partial charge in [0.05, 0.1) is 28.7 Å². The van der Waals surface area contributed by atoms with Crippen LogP contribution in [0.15, 0.2) is 34.2 Å². The lowest BCUT2D eigenvalue weighted by molar-refractivity contribution is -0.0709. The minimum Gasteiger partial charge on any atom is -0.375 e. The molecule has 1 aliphatic heterocycles. The lowest BCUT2D eigenvalue weighted by Gasteiger charge is -2.39. The summed E-state index contributed by atoms with van der Waals surface area (Å²) in [7, 11) is 0. The van der Waals surface area contributed by atoms with Crippen LogP contribution in [0.4, 0.5) is 0 Å². The van der Waals surface area contributed by atoms with Crippen molar-refractivity contribution >= 4 is 11.8 Å². The van der Waals surface area contributed by atoms with E-state index in [0.29, 0.717) is 17.5 Å². The van der Waals surface area contributed by atoms with Crippen molar-refractivity contribution in [3.63, 3.8) is 0 Å². The van der Waals surface area contributed by atoms with Crippen molar-refractivity contribution in [2.75, 3.05) is 12.4 Å². The van der Waals surface area contributed by atoms with Crippen LogP contribution in [0.3, 0.4) is 0 Å². The molecule has 1 saturated heterocycles. The maximum Gasteiger partial charge on any atom is 0.262 e.